The first-order valence-electron chi connectivity index (χ1n) is 11.2. The molecule has 36 heavy (non-hydrogen) atoms. The molecule has 2 aromatic heterocycles. The molecule has 1 aromatic carbocycles. The predicted molar refractivity (Wildman–Crippen MR) is 138 cm³/mol. The summed E-state index contributed by atoms with van der Waals surface area (Å²) in [7, 11) is 0. The predicted octanol–water partition coefficient (Wildman–Crippen LogP) is 3.89. The molecule has 0 aliphatic carbocycles. The minimum atomic E-state index is -0.538. The second-order valence-electron chi connectivity index (χ2n) is 8.49. The summed E-state index contributed by atoms with van der Waals surface area (Å²) in [5.74, 6) is 1.14. The number of nitrogens with zero attached hydrogens (tertiary/aromatic N) is 4. The lowest BCUT2D eigenvalue weighted by atomic mass is 10.2. The molecule has 3 aromatic rings. The number of nitrogens with one attached hydrogen (secondary N) is 2. The molecule has 0 fully saturated rings. The molecule has 2 heterocycles. The largest absolute Gasteiger partial charge is 0.491 e. The topological polar surface area (TPSA) is 129 Å². The van der Waals surface area contributed by atoms with Gasteiger partial charge >= 0.3 is 6.09 Å². The Labute approximate surface area is 217 Å². The second kappa shape index (κ2) is 13.2. The molecule has 0 aliphatic heterocycles. The van der Waals surface area contributed by atoms with Crippen LogP contribution in [0.25, 0.3) is 5.69 Å². The van der Waals surface area contributed by atoms with Crippen LogP contribution in [0, 0.1) is 0 Å². The van der Waals surface area contributed by atoms with Gasteiger partial charge < -0.3 is 29.4 Å². The zero-order chi connectivity index (χ0) is 26.0. The van der Waals surface area contributed by atoms with Crippen molar-refractivity contribution in [2.75, 3.05) is 31.7 Å². The van der Waals surface area contributed by atoms with E-state index in [2.05, 4.69) is 25.8 Å². The average molecular weight is 535 g/mol. The van der Waals surface area contributed by atoms with Gasteiger partial charge in [0.25, 0.3) is 0 Å². The third-order valence-electron chi connectivity index (χ3n) is 4.29. The fourth-order valence-corrected chi connectivity index (χ4v) is 4.62. The fourth-order valence-electron chi connectivity index (χ4n) is 2.83. The number of benzene rings is 1. The summed E-state index contributed by atoms with van der Waals surface area (Å²) in [6, 6.07) is 5.94. The lowest BCUT2D eigenvalue weighted by molar-refractivity contribution is -0.114. The SMILES string of the molecule is CC(=O)Nc1nnc(SCc2ccc(-n3ccnc3)cc2OCCOCCNC(=O)OC(C)(C)C)s1. The zero-order valence-corrected chi connectivity index (χ0v) is 22.3. The third kappa shape index (κ3) is 9.47. The molecular weight excluding hydrogens is 504 g/mol. The molecule has 2 N–H and O–H groups in total. The van der Waals surface area contributed by atoms with Crippen molar-refractivity contribution < 1.29 is 23.8 Å². The molecule has 0 saturated heterocycles. The van der Waals surface area contributed by atoms with E-state index in [1.165, 1.54) is 30.0 Å². The van der Waals surface area contributed by atoms with Gasteiger partial charge in [0.2, 0.25) is 11.0 Å². The number of anilines is 1. The van der Waals surface area contributed by atoms with Crippen LogP contribution in [0.3, 0.4) is 0 Å². The lowest BCUT2D eigenvalue weighted by Gasteiger charge is -2.19. The van der Waals surface area contributed by atoms with Crippen LogP contribution in [0.5, 0.6) is 5.75 Å². The number of carbonyl (C=O) groups is 2. The fraction of sp³-hybridized carbons (Fsp3) is 0.435. The van der Waals surface area contributed by atoms with Crippen LogP contribution >= 0.6 is 23.1 Å². The highest BCUT2D eigenvalue weighted by molar-refractivity contribution is 8.00. The standard InChI is InChI=1S/C23H30N6O5S2/c1-16(30)26-20-27-28-22(36-20)35-14-17-5-6-18(29-9-7-24-15-29)13-19(17)33-12-11-32-10-8-25-21(31)34-23(2,3)4/h5-7,9,13,15H,8,10-12,14H2,1-4H3,(H,25,31)(H,26,27,30). The van der Waals surface area contributed by atoms with E-state index in [-0.39, 0.29) is 5.91 Å². The Bertz CT molecular complexity index is 1130. The van der Waals surface area contributed by atoms with E-state index in [0.717, 1.165) is 21.3 Å². The first kappa shape index (κ1) is 27.4. The summed E-state index contributed by atoms with van der Waals surface area (Å²) in [6.07, 6.45) is 4.82. The number of ether oxygens (including phenoxy) is 3. The van der Waals surface area contributed by atoms with E-state index < -0.39 is 11.7 Å². The highest BCUT2D eigenvalue weighted by atomic mass is 32.2. The number of amides is 2. The van der Waals surface area contributed by atoms with Crippen molar-refractivity contribution in [2.45, 2.75) is 43.4 Å². The van der Waals surface area contributed by atoms with Gasteiger partial charge in [0.05, 0.1) is 25.2 Å². The summed E-state index contributed by atoms with van der Waals surface area (Å²) in [6.45, 7) is 8.24. The van der Waals surface area contributed by atoms with Gasteiger partial charge in [0.15, 0.2) is 4.34 Å². The number of hydrogen-bond donors (Lipinski definition) is 2. The number of thioether (sulfide) groups is 1. The van der Waals surface area contributed by atoms with Gasteiger partial charge in [-0.25, -0.2) is 9.78 Å². The van der Waals surface area contributed by atoms with Crippen molar-refractivity contribution in [1.82, 2.24) is 25.1 Å². The molecule has 0 atom stereocenters. The van der Waals surface area contributed by atoms with Gasteiger partial charge in [0, 0.05) is 43.2 Å². The smallest absolute Gasteiger partial charge is 0.407 e. The Balaban J connectivity index is 1.52. The van der Waals surface area contributed by atoms with Crippen molar-refractivity contribution in [2.24, 2.45) is 0 Å². The highest BCUT2D eigenvalue weighted by Crippen LogP contribution is 2.32. The summed E-state index contributed by atoms with van der Waals surface area (Å²) >= 11 is 2.82. The Morgan fingerprint density at radius 3 is 2.72 bits per heavy atom. The van der Waals surface area contributed by atoms with Crippen molar-refractivity contribution in [3.63, 3.8) is 0 Å². The maximum absolute atomic E-state index is 11.7. The van der Waals surface area contributed by atoms with Gasteiger partial charge in [-0.2, -0.15) is 0 Å². The van der Waals surface area contributed by atoms with E-state index in [1.807, 2.05) is 49.7 Å². The zero-order valence-electron chi connectivity index (χ0n) is 20.6. The first-order valence-corrected chi connectivity index (χ1v) is 13.0. The van der Waals surface area contributed by atoms with Crippen LogP contribution < -0.4 is 15.4 Å². The van der Waals surface area contributed by atoms with Gasteiger partial charge in [-0.05, 0) is 26.8 Å². The quantitative estimate of drug-likeness (QED) is 0.202. The van der Waals surface area contributed by atoms with Crippen molar-refractivity contribution >= 4 is 40.2 Å². The van der Waals surface area contributed by atoms with Crippen molar-refractivity contribution in [3.8, 4) is 11.4 Å². The van der Waals surface area contributed by atoms with E-state index in [1.54, 1.807) is 12.5 Å². The van der Waals surface area contributed by atoms with E-state index >= 15 is 0 Å². The van der Waals surface area contributed by atoms with Crippen LogP contribution in [0.15, 0.2) is 41.3 Å². The van der Waals surface area contributed by atoms with Crippen LogP contribution in [0.4, 0.5) is 9.93 Å². The van der Waals surface area contributed by atoms with Gasteiger partial charge in [-0.15, -0.1) is 10.2 Å². The molecule has 0 bridgehead atoms. The van der Waals surface area contributed by atoms with Crippen LogP contribution in [0.2, 0.25) is 0 Å². The van der Waals surface area contributed by atoms with E-state index in [0.29, 0.717) is 37.2 Å². The number of aromatic nitrogens is 4. The molecular formula is C23H30N6O5S2. The Morgan fingerprint density at radius 2 is 2.00 bits per heavy atom. The highest BCUT2D eigenvalue weighted by Gasteiger charge is 2.15. The summed E-state index contributed by atoms with van der Waals surface area (Å²) in [5.41, 5.74) is 1.36. The van der Waals surface area contributed by atoms with Gasteiger partial charge in [-0.1, -0.05) is 29.2 Å². The third-order valence-corrected chi connectivity index (χ3v) is 6.31. The number of rotatable bonds is 12. The Kier molecular flexibility index (Phi) is 10.1. The summed E-state index contributed by atoms with van der Waals surface area (Å²) < 4.78 is 19.4. The number of imidazole rings is 1. The van der Waals surface area contributed by atoms with Gasteiger partial charge in [-0.3, -0.25) is 4.79 Å². The Hall–Kier alpha value is -3.16. The van der Waals surface area contributed by atoms with E-state index in [4.69, 9.17) is 14.2 Å². The molecule has 194 valence electrons. The number of alkyl carbamates (subject to hydrolysis) is 1. The molecule has 0 unspecified atom stereocenters. The Morgan fingerprint density at radius 1 is 1.17 bits per heavy atom. The monoisotopic (exact) mass is 534 g/mol. The molecule has 13 heteroatoms. The first-order chi connectivity index (χ1) is 17.2. The minimum Gasteiger partial charge on any atom is -0.491 e. The lowest BCUT2D eigenvalue weighted by Crippen LogP contribution is -2.34. The summed E-state index contributed by atoms with van der Waals surface area (Å²) in [5, 5.41) is 13.8. The average Bonchev–Trinajstić information content (AvgIpc) is 3.48. The van der Waals surface area contributed by atoms with Crippen LogP contribution in [0.1, 0.15) is 33.3 Å². The van der Waals surface area contributed by atoms with Crippen molar-refractivity contribution in [1.29, 1.82) is 0 Å². The molecule has 0 radical (unpaired) electrons. The molecule has 0 aliphatic rings. The molecule has 2 amide bonds. The van der Waals surface area contributed by atoms with Crippen molar-refractivity contribution in [3.05, 3.63) is 42.5 Å². The second-order valence-corrected chi connectivity index (χ2v) is 10.7. The molecule has 3 rings (SSSR count). The minimum absolute atomic E-state index is 0.184. The molecule has 0 saturated carbocycles. The summed E-state index contributed by atoms with van der Waals surface area (Å²) in [4.78, 5) is 27.0. The normalized spacial score (nSPS) is 11.2. The molecule has 11 nitrogen and oxygen atoms in total. The van der Waals surface area contributed by atoms with Gasteiger partial charge in [0.1, 0.15) is 18.0 Å². The van der Waals surface area contributed by atoms with E-state index in [9.17, 15) is 9.59 Å². The van der Waals surface area contributed by atoms with Crippen LogP contribution in [-0.4, -0.2) is 63.7 Å². The number of hydrogen-bond acceptors (Lipinski definition) is 10. The van der Waals surface area contributed by atoms with Crippen LogP contribution in [-0.2, 0) is 20.0 Å². The maximum atomic E-state index is 11.7. The maximum Gasteiger partial charge on any atom is 0.407 e. The molecule has 0 spiro atoms. The number of carbonyl (C=O) groups excluding carboxylic acids is 2.